The monoisotopic (exact) mass is 277 g/mol. The first-order valence-corrected chi connectivity index (χ1v) is 5.98. The van der Waals surface area contributed by atoms with E-state index in [4.69, 9.17) is 0 Å². The van der Waals surface area contributed by atoms with Crippen LogP contribution in [0.25, 0.3) is 0 Å². The number of hydrogen-bond donors (Lipinski definition) is 1. The van der Waals surface area contributed by atoms with E-state index in [9.17, 15) is 5.11 Å². The lowest BCUT2D eigenvalue weighted by Crippen LogP contribution is -2.06. The summed E-state index contributed by atoms with van der Waals surface area (Å²) in [7, 11) is 0. The van der Waals surface area contributed by atoms with Gasteiger partial charge in [0.05, 0.1) is 10.5 Å². The first-order chi connectivity index (χ1) is 7.79. The smallest absolute Gasteiger partial charge is 0.112 e. The summed E-state index contributed by atoms with van der Waals surface area (Å²) in [5.41, 5.74) is 1.72. The maximum atomic E-state index is 10.1. The van der Waals surface area contributed by atoms with Crippen LogP contribution in [0.1, 0.15) is 22.2 Å². The minimum absolute atomic E-state index is 0.136. The van der Waals surface area contributed by atoms with Crippen molar-refractivity contribution in [2.45, 2.75) is 10.9 Å². The second kappa shape index (κ2) is 5.23. The molecule has 0 saturated heterocycles. The van der Waals surface area contributed by atoms with Crippen LogP contribution in [-0.4, -0.2) is 10.1 Å². The largest absolute Gasteiger partial charge is 0.385 e. The Kier molecular flexibility index (Phi) is 3.70. The first-order valence-electron chi connectivity index (χ1n) is 5.07. The van der Waals surface area contributed by atoms with Crippen molar-refractivity contribution in [3.8, 4) is 0 Å². The molecule has 2 rings (SSSR count). The molecule has 2 aromatic rings. The highest BCUT2D eigenvalue weighted by Gasteiger charge is 2.20. The number of benzene rings is 1. The summed E-state index contributed by atoms with van der Waals surface area (Å²) < 4.78 is 0. The van der Waals surface area contributed by atoms with Gasteiger partial charge in [0.2, 0.25) is 0 Å². The van der Waals surface area contributed by atoms with Crippen LogP contribution in [0.3, 0.4) is 0 Å². The van der Waals surface area contributed by atoms with Gasteiger partial charge in [0.1, 0.15) is 6.10 Å². The average molecular weight is 278 g/mol. The van der Waals surface area contributed by atoms with Crippen molar-refractivity contribution in [2.75, 3.05) is 0 Å². The number of aliphatic hydroxyl groups excluding tert-OH is 1. The standard InChI is InChI=1S/C13H12BrNO/c14-12(10-6-2-1-3-7-10)13(16)11-8-4-5-9-15-11/h1-9,12-13,16H/t12-,13+/m1/s1. The molecule has 0 spiro atoms. The lowest BCUT2D eigenvalue weighted by atomic mass is 10.1. The van der Waals surface area contributed by atoms with Crippen LogP contribution in [0.2, 0.25) is 0 Å². The Hall–Kier alpha value is -1.19. The molecule has 82 valence electrons. The average Bonchev–Trinajstić information content (AvgIpc) is 2.39. The van der Waals surface area contributed by atoms with Crippen molar-refractivity contribution < 1.29 is 5.11 Å². The fraction of sp³-hybridized carbons (Fsp3) is 0.154. The lowest BCUT2D eigenvalue weighted by molar-refractivity contribution is 0.172. The highest BCUT2D eigenvalue weighted by Crippen LogP contribution is 2.34. The Morgan fingerprint density at radius 1 is 1.00 bits per heavy atom. The maximum absolute atomic E-state index is 10.1. The van der Waals surface area contributed by atoms with Gasteiger partial charge in [0, 0.05) is 6.20 Å². The Labute approximate surface area is 103 Å². The van der Waals surface area contributed by atoms with Crippen LogP contribution in [0.4, 0.5) is 0 Å². The van der Waals surface area contributed by atoms with Crippen LogP contribution in [0.15, 0.2) is 54.7 Å². The molecule has 1 N–H and O–H groups in total. The molecule has 0 aliphatic heterocycles. The van der Waals surface area contributed by atoms with Crippen molar-refractivity contribution in [2.24, 2.45) is 0 Å². The predicted molar refractivity (Wildman–Crippen MR) is 67.3 cm³/mol. The molecule has 1 aromatic carbocycles. The van der Waals surface area contributed by atoms with Crippen LogP contribution < -0.4 is 0 Å². The second-order valence-corrected chi connectivity index (χ2v) is 4.50. The Morgan fingerprint density at radius 2 is 1.69 bits per heavy atom. The molecule has 0 bridgehead atoms. The van der Waals surface area contributed by atoms with Gasteiger partial charge in [-0.3, -0.25) is 4.98 Å². The number of halogens is 1. The van der Waals surface area contributed by atoms with E-state index in [2.05, 4.69) is 20.9 Å². The van der Waals surface area contributed by atoms with Crippen molar-refractivity contribution >= 4 is 15.9 Å². The second-order valence-electron chi connectivity index (χ2n) is 3.51. The van der Waals surface area contributed by atoms with Crippen molar-refractivity contribution in [3.63, 3.8) is 0 Å². The molecule has 0 aliphatic rings. The fourth-order valence-electron chi connectivity index (χ4n) is 1.52. The highest BCUT2D eigenvalue weighted by atomic mass is 79.9. The van der Waals surface area contributed by atoms with E-state index in [0.717, 1.165) is 5.56 Å². The van der Waals surface area contributed by atoms with Crippen molar-refractivity contribution in [1.29, 1.82) is 0 Å². The summed E-state index contributed by atoms with van der Waals surface area (Å²) >= 11 is 3.50. The van der Waals surface area contributed by atoms with E-state index >= 15 is 0 Å². The zero-order chi connectivity index (χ0) is 11.4. The Bertz CT molecular complexity index is 389. The molecule has 0 unspecified atom stereocenters. The van der Waals surface area contributed by atoms with Gasteiger partial charge in [-0.15, -0.1) is 0 Å². The van der Waals surface area contributed by atoms with Gasteiger partial charge in [-0.25, -0.2) is 0 Å². The van der Waals surface area contributed by atoms with Crippen LogP contribution >= 0.6 is 15.9 Å². The summed E-state index contributed by atoms with van der Waals surface area (Å²) in [4.78, 5) is 4.01. The summed E-state index contributed by atoms with van der Waals surface area (Å²) in [6.45, 7) is 0. The Morgan fingerprint density at radius 3 is 2.31 bits per heavy atom. The molecule has 0 saturated carbocycles. The number of pyridine rings is 1. The molecule has 1 heterocycles. The first kappa shape index (κ1) is 11.3. The molecule has 2 nitrogen and oxygen atoms in total. The number of hydrogen-bond acceptors (Lipinski definition) is 2. The van der Waals surface area contributed by atoms with Gasteiger partial charge in [0.25, 0.3) is 0 Å². The third-order valence-corrected chi connectivity index (χ3v) is 3.42. The van der Waals surface area contributed by atoms with E-state index in [0.29, 0.717) is 5.69 Å². The SMILES string of the molecule is O[C@@H](c1ccccn1)[C@H](Br)c1ccccc1. The minimum atomic E-state index is -0.636. The van der Waals surface area contributed by atoms with E-state index in [1.165, 1.54) is 0 Å². The van der Waals surface area contributed by atoms with Gasteiger partial charge in [-0.1, -0.05) is 52.3 Å². The normalized spacial score (nSPS) is 14.4. The quantitative estimate of drug-likeness (QED) is 0.874. The van der Waals surface area contributed by atoms with Crippen molar-refractivity contribution in [3.05, 3.63) is 66.0 Å². The predicted octanol–water partition coefficient (Wildman–Crippen LogP) is 3.25. The van der Waals surface area contributed by atoms with E-state index in [-0.39, 0.29) is 4.83 Å². The Balaban J connectivity index is 2.20. The molecule has 0 radical (unpaired) electrons. The summed E-state index contributed by atoms with van der Waals surface area (Å²) in [6.07, 6.45) is 1.05. The molecule has 1 aromatic heterocycles. The summed E-state index contributed by atoms with van der Waals surface area (Å²) in [5, 5.41) is 10.1. The van der Waals surface area contributed by atoms with Gasteiger partial charge in [0.15, 0.2) is 0 Å². The molecular weight excluding hydrogens is 266 g/mol. The molecule has 0 fully saturated rings. The summed E-state index contributed by atoms with van der Waals surface area (Å²) in [5.74, 6) is 0. The third-order valence-electron chi connectivity index (χ3n) is 2.39. The molecule has 16 heavy (non-hydrogen) atoms. The minimum Gasteiger partial charge on any atom is -0.385 e. The third kappa shape index (κ3) is 2.49. The van der Waals surface area contributed by atoms with E-state index in [1.54, 1.807) is 6.20 Å². The van der Waals surface area contributed by atoms with Gasteiger partial charge < -0.3 is 5.11 Å². The molecular formula is C13H12BrNO. The zero-order valence-corrected chi connectivity index (χ0v) is 10.2. The van der Waals surface area contributed by atoms with Gasteiger partial charge in [-0.05, 0) is 17.7 Å². The molecule has 3 heteroatoms. The lowest BCUT2D eigenvalue weighted by Gasteiger charge is -2.16. The number of alkyl halides is 1. The number of nitrogens with zero attached hydrogens (tertiary/aromatic N) is 1. The van der Waals surface area contributed by atoms with Crippen LogP contribution in [0.5, 0.6) is 0 Å². The zero-order valence-electron chi connectivity index (χ0n) is 8.62. The number of aliphatic hydroxyl groups is 1. The topological polar surface area (TPSA) is 33.1 Å². The molecule has 0 amide bonds. The number of aromatic nitrogens is 1. The van der Waals surface area contributed by atoms with Crippen LogP contribution in [0, 0.1) is 0 Å². The number of rotatable bonds is 3. The van der Waals surface area contributed by atoms with Gasteiger partial charge in [-0.2, -0.15) is 0 Å². The van der Waals surface area contributed by atoms with E-state index < -0.39 is 6.10 Å². The fourth-order valence-corrected chi connectivity index (χ4v) is 2.10. The van der Waals surface area contributed by atoms with Crippen LogP contribution in [-0.2, 0) is 0 Å². The van der Waals surface area contributed by atoms with Crippen molar-refractivity contribution in [1.82, 2.24) is 4.98 Å². The summed E-state index contributed by atoms with van der Waals surface area (Å²) in [6, 6.07) is 15.3. The highest BCUT2D eigenvalue weighted by molar-refractivity contribution is 9.09. The van der Waals surface area contributed by atoms with E-state index in [1.807, 2.05) is 48.5 Å². The maximum Gasteiger partial charge on any atom is 0.112 e. The molecule has 2 atom stereocenters. The molecule has 0 aliphatic carbocycles. The van der Waals surface area contributed by atoms with Gasteiger partial charge >= 0.3 is 0 Å².